The van der Waals surface area contributed by atoms with Crippen molar-refractivity contribution in [1.29, 1.82) is 0 Å². The molecule has 1 aromatic rings. The molecule has 1 saturated heterocycles. The lowest BCUT2D eigenvalue weighted by Crippen LogP contribution is -2.47. The summed E-state index contributed by atoms with van der Waals surface area (Å²) in [6.07, 6.45) is 1.92. The van der Waals surface area contributed by atoms with Gasteiger partial charge in [-0.15, -0.1) is 0 Å². The molecular formula is C12H18N2O2. The van der Waals surface area contributed by atoms with Crippen LogP contribution in [0.2, 0.25) is 0 Å². The number of aliphatic hydroxyl groups is 1. The summed E-state index contributed by atoms with van der Waals surface area (Å²) in [6.45, 7) is 4.62. The molecule has 1 aliphatic heterocycles. The maximum absolute atomic E-state index is 9.13. The van der Waals surface area contributed by atoms with E-state index in [0.717, 1.165) is 25.3 Å². The molecule has 1 aliphatic rings. The van der Waals surface area contributed by atoms with Crippen LogP contribution in [-0.4, -0.2) is 46.9 Å². The zero-order valence-electron chi connectivity index (χ0n) is 9.54. The molecule has 88 valence electrons. The summed E-state index contributed by atoms with van der Waals surface area (Å²) in [4.78, 5) is 6.58. The highest BCUT2D eigenvalue weighted by molar-refractivity contribution is 5.03. The number of aromatic nitrogens is 1. The second kappa shape index (κ2) is 5.39. The fourth-order valence-corrected chi connectivity index (χ4v) is 2.09. The van der Waals surface area contributed by atoms with Gasteiger partial charge in [0.1, 0.15) is 0 Å². The third kappa shape index (κ3) is 3.01. The topological polar surface area (TPSA) is 45.6 Å². The van der Waals surface area contributed by atoms with Crippen molar-refractivity contribution < 1.29 is 9.84 Å². The average Bonchev–Trinajstić information content (AvgIpc) is 2.29. The molecule has 1 aromatic heterocycles. The molecule has 0 aromatic carbocycles. The highest BCUT2D eigenvalue weighted by atomic mass is 16.5. The van der Waals surface area contributed by atoms with E-state index in [1.165, 1.54) is 0 Å². The van der Waals surface area contributed by atoms with E-state index in [0.29, 0.717) is 0 Å². The van der Waals surface area contributed by atoms with Crippen LogP contribution in [0, 0.1) is 0 Å². The molecule has 0 saturated carbocycles. The Bertz CT molecular complexity index is 318. The Kier molecular flexibility index (Phi) is 3.88. The van der Waals surface area contributed by atoms with E-state index in [-0.39, 0.29) is 18.8 Å². The summed E-state index contributed by atoms with van der Waals surface area (Å²) in [5.41, 5.74) is 1.06. The van der Waals surface area contributed by atoms with Crippen molar-refractivity contribution in [1.82, 2.24) is 9.88 Å². The minimum absolute atomic E-state index is 0.0625. The first-order valence-electron chi connectivity index (χ1n) is 5.66. The highest BCUT2D eigenvalue weighted by Crippen LogP contribution is 2.13. The number of aliphatic hydroxyl groups excluding tert-OH is 1. The number of hydrogen-bond acceptors (Lipinski definition) is 4. The zero-order chi connectivity index (χ0) is 11.4. The van der Waals surface area contributed by atoms with Crippen LogP contribution < -0.4 is 0 Å². The minimum Gasteiger partial charge on any atom is -0.394 e. The summed E-state index contributed by atoms with van der Waals surface area (Å²) >= 11 is 0. The van der Waals surface area contributed by atoms with Gasteiger partial charge in [0, 0.05) is 25.8 Å². The van der Waals surface area contributed by atoms with E-state index in [9.17, 15) is 0 Å². The number of hydrogen-bond donors (Lipinski definition) is 1. The predicted molar refractivity (Wildman–Crippen MR) is 60.9 cm³/mol. The van der Waals surface area contributed by atoms with Crippen molar-refractivity contribution in [2.45, 2.75) is 25.7 Å². The van der Waals surface area contributed by atoms with E-state index in [4.69, 9.17) is 9.84 Å². The molecule has 4 heteroatoms. The van der Waals surface area contributed by atoms with Crippen LogP contribution in [0.3, 0.4) is 0 Å². The molecule has 1 N–H and O–H groups in total. The lowest BCUT2D eigenvalue weighted by Gasteiger charge is -2.35. The number of ether oxygens (including phenoxy) is 1. The summed E-state index contributed by atoms with van der Waals surface area (Å²) in [5, 5.41) is 9.13. The maximum atomic E-state index is 9.13. The van der Waals surface area contributed by atoms with Crippen LogP contribution in [0.1, 0.15) is 12.6 Å². The summed E-state index contributed by atoms with van der Waals surface area (Å²) in [7, 11) is 0. The van der Waals surface area contributed by atoms with Gasteiger partial charge in [-0.25, -0.2) is 0 Å². The van der Waals surface area contributed by atoms with E-state index < -0.39 is 0 Å². The van der Waals surface area contributed by atoms with E-state index in [2.05, 4.69) is 9.88 Å². The van der Waals surface area contributed by atoms with Crippen LogP contribution >= 0.6 is 0 Å². The normalized spacial score (nSPS) is 26.9. The summed E-state index contributed by atoms with van der Waals surface area (Å²) in [6, 6.07) is 5.94. The molecule has 0 radical (unpaired) electrons. The van der Waals surface area contributed by atoms with E-state index in [1.807, 2.05) is 31.3 Å². The molecule has 2 atom stereocenters. The lowest BCUT2D eigenvalue weighted by molar-refractivity contribution is -0.0974. The summed E-state index contributed by atoms with van der Waals surface area (Å²) in [5.74, 6) is 0. The van der Waals surface area contributed by atoms with Crippen LogP contribution in [0.25, 0.3) is 0 Å². The molecule has 16 heavy (non-hydrogen) atoms. The Morgan fingerprint density at radius 2 is 2.38 bits per heavy atom. The largest absolute Gasteiger partial charge is 0.394 e. The number of pyridine rings is 1. The molecule has 2 rings (SSSR count). The van der Waals surface area contributed by atoms with Crippen LogP contribution in [-0.2, 0) is 11.3 Å². The molecule has 1 fully saturated rings. The Labute approximate surface area is 95.9 Å². The predicted octanol–water partition coefficient (Wildman–Crippen LogP) is 0.663. The first-order valence-corrected chi connectivity index (χ1v) is 5.66. The first-order chi connectivity index (χ1) is 7.78. The minimum atomic E-state index is -0.0625. The van der Waals surface area contributed by atoms with Gasteiger partial charge >= 0.3 is 0 Å². The van der Waals surface area contributed by atoms with Crippen molar-refractivity contribution in [2.75, 3.05) is 19.7 Å². The molecule has 0 bridgehead atoms. The molecule has 2 heterocycles. The monoisotopic (exact) mass is 222 g/mol. The second-order valence-electron chi connectivity index (χ2n) is 4.27. The van der Waals surface area contributed by atoms with Gasteiger partial charge in [0.25, 0.3) is 0 Å². The zero-order valence-corrected chi connectivity index (χ0v) is 9.54. The molecular weight excluding hydrogens is 204 g/mol. The Morgan fingerprint density at radius 3 is 3.06 bits per heavy atom. The van der Waals surface area contributed by atoms with Gasteiger partial charge in [0.05, 0.1) is 24.5 Å². The van der Waals surface area contributed by atoms with Gasteiger partial charge in [-0.3, -0.25) is 9.88 Å². The number of rotatable bonds is 3. The first kappa shape index (κ1) is 11.5. The van der Waals surface area contributed by atoms with Crippen LogP contribution in [0.5, 0.6) is 0 Å². The maximum Gasteiger partial charge on any atom is 0.0936 e. The smallest absolute Gasteiger partial charge is 0.0936 e. The molecule has 4 nitrogen and oxygen atoms in total. The quantitative estimate of drug-likeness (QED) is 0.816. The van der Waals surface area contributed by atoms with E-state index in [1.54, 1.807) is 0 Å². The van der Waals surface area contributed by atoms with Crippen LogP contribution in [0.4, 0.5) is 0 Å². The number of morpholine rings is 1. The highest BCUT2D eigenvalue weighted by Gasteiger charge is 2.24. The Morgan fingerprint density at radius 1 is 1.50 bits per heavy atom. The van der Waals surface area contributed by atoms with Crippen molar-refractivity contribution in [3.63, 3.8) is 0 Å². The molecule has 0 spiro atoms. The summed E-state index contributed by atoms with van der Waals surface area (Å²) < 4.78 is 5.59. The molecule has 0 amide bonds. The standard InChI is InChI=1S/C12H18N2O2/c1-10-6-14(8-12(9-15)16-10)7-11-4-2-3-5-13-11/h2-5,10,12,15H,6-9H2,1H3. The molecule has 2 unspecified atom stereocenters. The number of nitrogens with zero attached hydrogens (tertiary/aromatic N) is 2. The van der Waals surface area contributed by atoms with Crippen molar-refractivity contribution >= 4 is 0 Å². The average molecular weight is 222 g/mol. The van der Waals surface area contributed by atoms with Crippen molar-refractivity contribution in [3.8, 4) is 0 Å². The van der Waals surface area contributed by atoms with Gasteiger partial charge in [-0.05, 0) is 19.1 Å². The fourth-order valence-electron chi connectivity index (χ4n) is 2.09. The Hall–Kier alpha value is -0.970. The third-order valence-corrected chi connectivity index (χ3v) is 2.72. The van der Waals surface area contributed by atoms with Gasteiger partial charge in [0.15, 0.2) is 0 Å². The SMILES string of the molecule is CC1CN(Cc2ccccn2)CC(CO)O1. The van der Waals surface area contributed by atoms with Gasteiger partial charge in [-0.2, -0.15) is 0 Å². The van der Waals surface area contributed by atoms with Crippen molar-refractivity contribution in [3.05, 3.63) is 30.1 Å². The lowest BCUT2D eigenvalue weighted by atomic mass is 10.2. The molecule has 0 aliphatic carbocycles. The third-order valence-electron chi connectivity index (χ3n) is 2.72. The fraction of sp³-hybridized carbons (Fsp3) is 0.583. The van der Waals surface area contributed by atoms with Gasteiger partial charge in [-0.1, -0.05) is 6.07 Å². The van der Waals surface area contributed by atoms with E-state index >= 15 is 0 Å². The van der Waals surface area contributed by atoms with Crippen molar-refractivity contribution in [2.24, 2.45) is 0 Å². The Balaban J connectivity index is 1.94. The second-order valence-corrected chi connectivity index (χ2v) is 4.27. The van der Waals surface area contributed by atoms with Gasteiger partial charge in [0.2, 0.25) is 0 Å². The van der Waals surface area contributed by atoms with Gasteiger partial charge < -0.3 is 9.84 Å². The van der Waals surface area contributed by atoms with Crippen LogP contribution in [0.15, 0.2) is 24.4 Å².